The topological polar surface area (TPSA) is 59.0 Å². The molecule has 1 fully saturated rings. The Kier molecular flexibility index (Phi) is 3.91. The molecule has 5 nitrogen and oxygen atoms in total. The highest BCUT2D eigenvalue weighted by Crippen LogP contribution is 2.40. The maximum atomic E-state index is 11.1. The van der Waals surface area contributed by atoms with Crippen molar-refractivity contribution in [2.45, 2.75) is 52.2 Å². The third-order valence-corrected chi connectivity index (χ3v) is 4.75. The van der Waals surface area contributed by atoms with Crippen molar-refractivity contribution in [3.05, 3.63) is 11.5 Å². The van der Waals surface area contributed by atoms with Crippen LogP contribution in [-0.2, 0) is 9.31 Å². The van der Waals surface area contributed by atoms with E-state index < -0.39 is 6.09 Å². The molecule has 1 amide bonds. The second-order valence-electron chi connectivity index (χ2n) is 6.59. The van der Waals surface area contributed by atoms with Crippen molar-refractivity contribution < 1.29 is 19.2 Å². The maximum absolute atomic E-state index is 11.1. The molecule has 112 valence electrons. The van der Waals surface area contributed by atoms with E-state index in [0.717, 1.165) is 11.9 Å². The summed E-state index contributed by atoms with van der Waals surface area (Å²) in [5.74, 6) is 0.162. The number of amides is 1. The van der Waals surface area contributed by atoms with Crippen molar-refractivity contribution in [2.24, 2.45) is 5.92 Å². The van der Waals surface area contributed by atoms with Gasteiger partial charge in [0.15, 0.2) is 0 Å². The summed E-state index contributed by atoms with van der Waals surface area (Å²) in [6.07, 6.45) is 1.96. The number of carboxylic acid groups (broad SMARTS) is 1. The molecule has 0 radical (unpaired) electrons. The van der Waals surface area contributed by atoms with Gasteiger partial charge in [-0.2, -0.15) is 0 Å². The van der Waals surface area contributed by atoms with E-state index >= 15 is 0 Å². The van der Waals surface area contributed by atoms with E-state index in [2.05, 4.69) is 6.92 Å². The molecule has 1 atom stereocenters. The molecule has 1 unspecified atom stereocenters. The van der Waals surface area contributed by atoms with E-state index in [0.29, 0.717) is 13.1 Å². The molecule has 0 aliphatic carbocycles. The molecule has 20 heavy (non-hydrogen) atoms. The van der Waals surface area contributed by atoms with Crippen LogP contribution in [0.2, 0.25) is 0 Å². The first-order valence-corrected chi connectivity index (χ1v) is 7.21. The van der Waals surface area contributed by atoms with Gasteiger partial charge in [-0.25, -0.2) is 4.79 Å². The molecular formula is C14H24BNO4. The lowest BCUT2D eigenvalue weighted by atomic mass is 9.68. The smallest absolute Gasteiger partial charge is 0.465 e. The molecule has 0 saturated carbocycles. The van der Waals surface area contributed by atoms with Gasteiger partial charge in [0.05, 0.1) is 11.2 Å². The number of rotatable bonds is 2. The molecule has 2 rings (SSSR count). The second kappa shape index (κ2) is 5.08. The van der Waals surface area contributed by atoms with E-state index in [1.807, 2.05) is 33.8 Å². The minimum atomic E-state index is -0.868. The van der Waals surface area contributed by atoms with Gasteiger partial charge in [-0.1, -0.05) is 13.0 Å². The summed E-state index contributed by atoms with van der Waals surface area (Å²) in [4.78, 5) is 12.5. The van der Waals surface area contributed by atoms with Crippen LogP contribution in [0.1, 0.15) is 41.0 Å². The Morgan fingerprint density at radius 2 is 1.95 bits per heavy atom. The van der Waals surface area contributed by atoms with Crippen molar-refractivity contribution in [1.29, 1.82) is 0 Å². The highest BCUT2D eigenvalue weighted by atomic mass is 16.7. The Hall–Kier alpha value is -1.01. The van der Waals surface area contributed by atoms with Crippen molar-refractivity contribution in [3.8, 4) is 0 Å². The molecular weight excluding hydrogens is 257 g/mol. The van der Waals surface area contributed by atoms with Gasteiger partial charge in [-0.05, 0) is 45.5 Å². The second-order valence-corrected chi connectivity index (χ2v) is 6.59. The fraction of sp³-hybridized carbons (Fsp3) is 0.786. The summed E-state index contributed by atoms with van der Waals surface area (Å²) in [7, 11) is -0.360. The van der Waals surface area contributed by atoms with Crippen LogP contribution in [0.5, 0.6) is 0 Å². The molecule has 0 aromatic rings. The van der Waals surface area contributed by atoms with Crippen LogP contribution < -0.4 is 0 Å². The Balaban J connectivity index is 2.19. The molecule has 2 aliphatic heterocycles. The molecule has 0 aromatic heterocycles. The standard InChI is InChI=1S/C14H24BNO4/c1-6-10-9-16(12(17)18)8-7-11(10)15-19-13(2,3)14(4,5)20-15/h7,10H,6,8-9H2,1-5H3,(H,17,18). The maximum Gasteiger partial charge on any atom is 0.490 e. The van der Waals surface area contributed by atoms with Crippen LogP contribution in [0.15, 0.2) is 11.5 Å². The fourth-order valence-electron chi connectivity index (χ4n) is 2.62. The normalized spacial score (nSPS) is 28.4. The summed E-state index contributed by atoms with van der Waals surface area (Å²) in [6.45, 7) is 11.1. The molecule has 1 saturated heterocycles. The van der Waals surface area contributed by atoms with Crippen LogP contribution in [0.4, 0.5) is 4.79 Å². The molecule has 0 aromatic carbocycles. The third kappa shape index (κ3) is 2.59. The summed E-state index contributed by atoms with van der Waals surface area (Å²) >= 11 is 0. The molecule has 6 heteroatoms. The van der Waals surface area contributed by atoms with Gasteiger partial charge in [0.1, 0.15) is 0 Å². The number of carbonyl (C=O) groups is 1. The van der Waals surface area contributed by atoms with Crippen molar-refractivity contribution in [2.75, 3.05) is 13.1 Å². The van der Waals surface area contributed by atoms with Crippen LogP contribution in [0.25, 0.3) is 0 Å². The van der Waals surface area contributed by atoms with E-state index in [-0.39, 0.29) is 24.2 Å². The molecule has 2 heterocycles. The zero-order valence-electron chi connectivity index (χ0n) is 13.0. The Labute approximate surface area is 121 Å². The van der Waals surface area contributed by atoms with Crippen LogP contribution in [-0.4, -0.2) is 47.5 Å². The van der Waals surface area contributed by atoms with E-state index in [1.165, 1.54) is 4.90 Å². The van der Waals surface area contributed by atoms with Gasteiger partial charge >= 0.3 is 13.2 Å². The number of hydrogen-bond donors (Lipinski definition) is 1. The highest BCUT2D eigenvalue weighted by Gasteiger charge is 2.53. The SMILES string of the molecule is CCC1CN(C(=O)O)CC=C1B1OC(C)(C)C(C)(C)O1. The van der Waals surface area contributed by atoms with Crippen LogP contribution in [0, 0.1) is 5.92 Å². The first-order chi connectivity index (χ1) is 9.18. The zero-order chi connectivity index (χ0) is 15.1. The van der Waals surface area contributed by atoms with Gasteiger partial charge in [0.25, 0.3) is 0 Å². The van der Waals surface area contributed by atoms with Crippen molar-refractivity contribution in [3.63, 3.8) is 0 Å². The summed E-state index contributed by atoms with van der Waals surface area (Å²) in [6, 6.07) is 0. The average Bonchev–Trinajstić information content (AvgIpc) is 2.57. The van der Waals surface area contributed by atoms with Gasteiger partial charge in [0.2, 0.25) is 0 Å². The fourth-order valence-corrected chi connectivity index (χ4v) is 2.62. The van der Waals surface area contributed by atoms with Gasteiger partial charge < -0.3 is 19.3 Å². The molecule has 1 N–H and O–H groups in total. The third-order valence-electron chi connectivity index (χ3n) is 4.75. The Morgan fingerprint density at radius 1 is 1.40 bits per heavy atom. The van der Waals surface area contributed by atoms with Gasteiger partial charge in [-0.15, -0.1) is 0 Å². The predicted octanol–water partition coefficient (Wildman–Crippen LogP) is 2.56. The van der Waals surface area contributed by atoms with E-state index in [4.69, 9.17) is 14.4 Å². The number of hydrogen-bond acceptors (Lipinski definition) is 3. The molecule has 0 spiro atoms. The highest BCUT2D eigenvalue weighted by molar-refractivity contribution is 6.54. The average molecular weight is 281 g/mol. The molecule has 0 bridgehead atoms. The first-order valence-electron chi connectivity index (χ1n) is 7.21. The first kappa shape index (κ1) is 15.4. The quantitative estimate of drug-likeness (QED) is 0.790. The summed E-state index contributed by atoms with van der Waals surface area (Å²) < 4.78 is 12.1. The predicted molar refractivity (Wildman–Crippen MR) is 77.5 cm³/mol. The van der Waals surface area contributed by atoms with Crippen LogP contribution >= 0.6 is 0 Å². The van der Waals surface area contributed by atoms with Crippen molar-refractivity contribution in [1.82, 2.24) is 4.90 Å². The lowest BCUT2D eigenvalue weighted by Crippen LogP contribution is -2.42. The van der Waals surface area contributed by atoms with E-state index in [1.54, 1.807) is 0 Å². The Bertz CT molecular complexity index is 417. The van der Waals surface area contributed by atoms with Crippen LogP contribution in [0.3, 0.4) is 0 Å². The molecule has 2 aliphatic rings. The van der Waals surface area contributed by atoms with Gasteiger partial charge in [0, 0.05) is 13.1 Å². The lowest BCUT2D eigenvalue weighted by molar-refractivity contribution is 0.00578. The zero-order valence-corrected chi connectivity index (χ0v) is 13.0. The Morgan fingerprint density at radius 3 is 2.40 bits per heavy atom. The summed E-state index contributed by atoms with van der Waals surface area (Å²) in [5.41, 5.74) is 0.366. The largest absolute Gasteiger partial charge is 0.490 e. The van der Waals surface area contributed by atoms with Gasteiger partial charge in [-0.3, -0.25) is 0 Å². The lowest BCUT2D eigenvalue weighted by Gasteiger charge is -2.32. The van der Waals surface area contributed by atoms with E-state index in [9.17, 15) is 4.79 Å². The minimum Gasteiger partial charge on any atom is -0.465 e. The number of nitrogens with zero attached hydrogens (tertiary/aromatic N) is 1. The summed E-state index contributed by atoms with van der Waals surface area (Å²) in [5, 5.41) is 9.10. The monoisotopic (exact) mass is 281 g/mol. The van der Waals surface area contributed by atoms with Crippen molar-refractivity contribution >= 4 is 13.2 Å². The minimum absolute atomic E-state index is 0.162.